The maximum Gasteiger partial charge on any atom is 0.166 e. The molecule has 16 heavy (non-hydrogen) atoms. The minimum absolute atomic E-state index is 0.320. The first-order chi connectivity index (χ1) is 7.66. The second kappa shape index (κ2) is 4.65. The Hall–Kier alpha value is -1.36. The van der Waals surface area contributed by atoms with Crippen LogP contribution in [-0.2, 0) is 6.42 Å². The second-order valence-electron chi connectivity index (χ2n) is 4.47. The van der Waals surface area contributed by atoms with Crippen molar-refractivity contribution in [3.63, 3.8) is 0 Å². The van der Waals surface area contributed by atoms with Crippen LogP contribution in [0.1, 0.15) is 25.0 Å². The van der Waals surface area contributed by atoms with Crippen molar-refractivity contribution in [1.82, 2.24) is 14.9 Å². The summed E-state index contributed by atoms with van der Waals surface area (Å²) in [6.07, 6.45) is 6.46. The maximum absolute atomic E-state index is 5.65. The quantitative estimate of drug-likeness (QED) is 0.767. The van der Waals surface area contributed by atoms with E-state index in [1.807, 2.05) is 0 Å². The zero-order valence-corrected chi connectivity index (χ0v) is 9.69. The first-order valence-corrected chi connectivity index (χ1v) is 5.74. The molecule has 5 nitrogen and oxygen atoms in total. The van der Waals surface area contributed by atoms with Gasteiger partial charge in [-0.1, -0.05) is 6.42 Å². The molecule has 0 spiro atoms. The number of nitrogens with zero attached hydrogens (tertiary/aromatic N) is 3. The topological polar surface area (TPSA) is 81.1 Å². The minimum Gasteiger partial charge on any atom is -0.381 e. The third kappa shape index (κ3) is 2.41. The molecular weight excluding hydrogens is 202 g/mol. The SMILES string of the molecule is CN1CCCCC1Cc1cnc(N)c(N)n1. The molecule has 1 aliphatic heterocycles. The van der Waals surface area contributed by atoms with Crippen molar-refractivity contribution in [3.8, 4) is 0 Å². The molecule has 5 heteroatoms. The van der Waals surface area contributed by atoms with Crippen LogP contribution in [0, 0.1) is 0 Å². The molecule has 1 aromatic rings. The predicted molar refractivity (Wildman–Crippen MR) is 64.8 cm³/mol. The summed E-state index contributed by atoms with van der Waals surface area (Å²) in [7, 11) is 2.16. The Morgan fingerprint density at radius 1 is 1.38 bits per heavy atom. The van der Waals surface area contributed by atoms with Crippen LogP contribution in [0.2, 0.25) is 0 Å². The smallest absolute Gasteiger partial charge is 0.166 e. The Balaban J connectivity index is 2.05. The summed E-state index contributed by atoms with van der Waals surface area (Å²) in [6.45, 7) is 1.17. The standard InChI is InChI=1S/C11H19N5/c1-16-5-3-2-4-9(16)6-8-7-14-10(12)11(13)15-8/h7,9H,2-6H2,1H3,(H2,12,14)(H2,13,15). The van der Waals surface area contributed by atoms with E-state index in [9.17, 15) is 0 Å². The summed E-state index contributed by atoms with van der Waals surface area (Å²) < 4.78 is 0. The predicted octanol–water partition coefficient (Wildman–Crippen LogP) is 0.668. The van der Waals surface area contributed by atoms with Gasteiger partial charge in [0.1, 0.15) is 0 Å². The molecule has 1 fully saturated rings. The van der Waals surface area contributed by atoms with E-state index in [0.717, 1.165) is 12.1 Å². The molecule has 0 aliphatic carbocycles. The highest BCUT2D eigenvalue weighted by Crippen LogP contribution is 2.19. The van der Waals surface area contributed by atoms with Gasteiger partial charge in [0.25, 0.3) is 0 Å². The fourth-order valence-corrected chi connectivity index (χ4v) is 2.19. The molecule has 4 N–H and O–H groups in total. The highest BCUT2D eigenvalue weighted by Gasteiger charge is 2.19. The van der Waals surface area contributed by atoms with Crippen LogP contribution in [0.25, 0.3) is 0 Å². The molecule has 0 bridgehead atoms. The number of anilines is 2. The normalized spacial score (nSPS) is 22.2. The summed E-state index contributed by atoms with van der Waals surface area (Å²) >= 11 is 0. The third-order valence-electron chi connectivity index (χ3n) is 3.25. The van der Waals surface area contributed by atoms with E-state index in [2.05, 4.69) is 21.9 Å². The van der Waals surface area contributed by atoms with Crippen molar-refractivity contribution in [2.24, 2.45) is 0 Å². The molecule has 1 atom stereocenters. The Kier molecular flexibility index (Phi) is 3.24. The van der Waals surface area contributed by atoms with Crippen LogP contribution in [0.15, 0.2) is 6.20 Å². The number of hydrogen-bond donors (Lipinski definition) is 2. The number of piperidine rings is 1. The third-order valence-corrected chi connectivity index (χ3v) is 3.25. The summed E-state index contributed by atoms with van der Waals surface area (Å²) in [5, 5.41) is 0. The number of aromatic nitrogens is 2. The van der Waals surface area contributed by atoms with Crippen LogP contribution >= 0.6 is 0 Å². The van der Waals surface area contributed by atoms with Crippen LogP contribution in [0.3, 0.4) is 0 Å². The zero-order chi connectivity index (χ0) is 11.5. The van der Waals surface area contributed by atoms with E-state index >= 15 is 0 Å². The van der Waals surface area contributed by atoms with E-state index in [-0.39, 0.29) is 0 Å². The Labute approximate surface area is 95.9 Å². The van der Waals surface area contributed by atoms with E-state index < -0.39 is 0 Å². The first kappa shape index (κ1) is 11.1. The number of nitrogen functional groups attached to an aromatic ring is 2. The molecule has 2 rings (SSSR count). The number of hydrogen-bond acceptors (Lipinski definition) is 5. The molecule has 88 valence electrons. The van der Waals surface area contributed by atoms with Crippen molar-refractivity contribution in [2.75, 3.05) is 25.1 Å². The van der Waals surface area contributed by atoms with Crippen LogP contribution in [-0.4, -0.2) is 34.5 Å². The van der Waals surface area contributed by atoms with Gasteiger partial charge in [-0.15, -0.1) is 0 Å². The van der Waals surface area contributed by atoms with Gasteiger partial charge >= 0.3 is 0 Å². The number of rotatable bonds is 2. The highest BCUT2D eigenvalue weighted by atomic mass is 15.1. The van der Waals surface area contributed by atoms with Crippen LogP contribution in [0.5, 0.6) is 0 Å². The molecule has 1 aliphatic rings. The number of likely N-dealkylation sites (N-methyl/N-ethyl adjacent to an activating group) is 1. The highest BCUT2D eigenvalue weighted by molar-refractivity contribution is 5.51. The van der Waals surface area contributed by atoms with Crippen molar-refractivity contribution in [3.05, 3.63) is 11.9 Å². The Morgan fingerprint density at radius 2 is 2.19 bits per heavy atom. The maximum atomic E-state index is 5.65. The summed E-state index contributed by atoms with van der Waals surface area (Å²) in [4.78, 5) is 10.7. The molecule has 2 heterocycles. The van der Waals surface area contributed by atoms with Crippen molar-refractivity contribution < 1.29 is 0 Å². The molecule has 1 unspecified atom stereocenters. The summed E-state index contributed by atoms with van der Waals surface area (Å²) in [6, 6.07) is 0.561. The average Bonchev–Trinajstić information content (AvgIpc) is 2.27. The fourth-order valence-electron chi connectivity index (χ4n) is 2.19. The van der Waals surface area contributed by atoms with Crippen molar-refractivity contribution in [1.29, 1.82) is 0 Å². The largest absolute Gasteiger partial charge is 0.381 e. The second-order valence-corrected chi connectivity index (χ2v) is 4.47. The van der Waals surface area contributed by atoms with Gasteiger partial charge in [-0.25, -0.2) is 9.97 Å². The van der Waals surface area contributed by atoms with Gasteiger partial charge in [-0.2, -0.15) is 0 Å². The fraction of sp³-hybridized carbons (Fsp3) is 0.636. The van der Waals surface area contributed by atoms with Gasteiger partial charge in [-0.3, -0.25) is 0 Å². The monoisotopic (exact) mass is 221 g/mol. The molecule has 1 saturated heterocycles. The average molecular weight is 221 g/mol. The molecular formula is C11H19N5. The molecule has 0 saturated carbocycles. The van der Waals surface area contributed by atoms with Gasteiger partial charge in [0, 0.05) is 12.5 Å². The lowest BCUT2D eigenvalue weighted by Gasteiger charge is -2.32. The molecule has 0 amide bonds. The van der Waals surface area contributed by atoms with Crippen LogP contribution in [0.4, 0.5) is 11.6 Å². The number of nitrogens with two attached hydrogens (primary N) is 2. The molecule has 1 aromatic heterocycles. The molecule has 0 radical (unpaired) electrons. The summed E-state index contributed by atoms with van der Waals surface area (Å²) in [5.74, 6) is 0.664. The van der Waals surface area contributed by atoms with E-state index in [0.29, 0.717) is 17.7 Å². The molecule has 0 aromatic carbocycles. The van der Waals surface area contributed by atoms with Crippen molar-refractivity contribution >= 4 is 11.6 Å². The van der Waals surface area contributed by atoms with Crippen LogP contribution < -0.4 is 11.5 Å². The minimum atomic E-state index is 0.320. The van der Waals surface area contributed by atoms with Gasteiger partial charge in [0.05, 0.1) is 11.9 Å². The number of likely N-dealkylation sites (tertiary alicyclic amines) is 1. The van der Waals surface area contributed by atoms with Crippen molar-refractivity contribution in [2.45, 2.75) is 31.7 Å². The lowest BCUT2D eigenvalue weighted by atomic mass is 9.99. The van der Waals surface area contributed by atoms with E-state index in [1.165, 1.54) is 25.8 Å². The summed E-state index contributed by atoms with van der Waals surface area (Å²) in [5.41, 5.74) is 12.1. The lowest BCUT2D eigenvalue weighted by molar-refractivity contribution is 0.183. The first-order valence-electron chi connectivity index (χ1n) is 5.74. The van der Waals surface area contributed by atoms with E-state index in [4.69, 9.17) is 11.5 Å². The van der Waals surface area contributed by atoms with Gasteiger partial charge in [-0.05, 0) is 26.4 Å². The zero-order valence-electron chi connectivity index (χ0n) is 9.69. The Morgan fingerprint density at radius 3 is 2.88 bits per heavy atom. The van der Waals surface area contributed by atoms with Gasteiger partial charge < -0.3 is 16.4 Å². The van der Waals surface area contributed by atoms with E-state index in [1.54, 1.807) is 6.20 Å². The Bertz CT molecular complexity index is 365. The lowest BCUT2D eigenvalue weighted by Crippen LogP contribution is -2.37. The van der Waals surface area contributed by atoms with Gasteiger partial charge in [0.15, 0.2) is 11.6 Å². The van der Waals surface area contributed by atoms with Gasteiger partial charge in [0.2, 0.25) is 0 Å².